The van der Waals surface area contributed by atoms with Crippen molar-refractivity contribution in [3.63, 3.8) is 0 Å². The van der Waals surface area contributed by atoms with Crippen molar-refractivity contribution in [2.24, 2.45) is 5.92 Å². The maximum atomic E-state index is 5.94. The molecular formula is C13H14Br2ClN3. The molecule has 0 spiro atoms. The Bertz CT molecular complexity index is 581. The van der Waals surface area contributed by atoms with Gasteiger partial charge >= 0.3 is 0 Å². The molecule has 0 atom stereocenters. The molecule has 0 amide bonds. The second-order valence-electron chi connectivity index (χ2n) is 4.70. The van der Waals surface area contributed by atoms with Gasteiger partial charge in [-0.1, -0.05) is 29.8 Å². The van der Waals surface area contributed by atoms with Crippen molar-refractivity contribution < 1.29 is 0 Å². The fourth-order valence-corrected chi connectivity index (χ4v) is 3.28. The molecule has 0 fully saturated rings. The summed E-state index contributed by atoms with van der Waals surface area (Å²) in [5.41, 5.74) is 1.02. The molecule has 0 saturated carbocycles. The Morgan fingerprint density at radius 1 is 1.26 bits per heavy atom. The molecule has 0 radical (unpaired) electrons. The van der Waals surface area contributed by atoms with E-state index in [2.05, 4.69) is 60.5 Å². The lowest BCUT2D eigenvalue weighted by Crippen LogP contribution is -2.09. The quantitative estimate of drug-likeness (QED) is 0.678. The van der Waals surface area contributed by atoms with E-state index in [1.165, 1.54) is 0 Å². The topological polar surface area (TPSA) is 30.7 Å². The molecule has 2 rings (SSSR count). The standard InChI is InChI=1S/C13H14Br2ClN3/c1-8(2)7-19-12(6-16)17-18-13(19)10-4-3-9(14)5-11(10)15/h3-5,8H,6-7H2,1-2H3. The molecule has 19 heavy (non-hydrogen) atoms. The summed E-state index contributed by atoms with van der Waals surface area (Å²) >= 11 is 13.0. The molecule has 0 aliphatic carbocycles. The number of hydrogen-bond donors (Lipinski definition) is 0. The van der Waals surface area contributed by atoms with Gasteiger partial charge in [-0.2, -0.15) is 0 Å². The van der Waals surface area contributed by atoms with Crippen molar-refractivity contribution >= 4 is 43.5 Å². The predicted molar refractivity (Wildman–Crippen MR) is 85.3 cm³/mol. The molecule has 102 valence electrons. The summed E-state index contributed by atoms with van der Waals surface area (Å²) in [4.78, 5) is 0. The highest BCUT2D eigenvalue weighted by Gasteiger charge is 2.16. The first-order valence-corrected chi connectivity index (χ1v) is 8.08. The number of aromatic nitrogens is 3. The van der Waals surface area contributed by atoms with Crippen molar-refractivity contribution in [1.82, 2.24) is 14.8 Å². The van der Waals surface area contributed by atoms with Crippen LogP contribution in [0.2, 0.25) is 0 Å². The second kappa shape index (κ2) is 6.37. The van der Waals surface area contributed by atoms with Gasteiger partial charge in [-0.05, 0) is 40.0 Å². The molecule has 0 bridgehead atoms. The van der Waals surface area contributed by atoms with Gasteiger partial charge in [0, 0.05) is 21.1 Å². The zero-order valence-electron chi connectivity index (χ0n) is 10.7. The van der Waals surface area contributed by atoms with Gasteiger partial charge in [0.25, 0.3) is 0 Å². The summed E-state index contributed by atoms with van der Waals surface area (Å²) in [6.45, 7) is 5.18. The van der Waals surface area contributed by atoms with Gasteiger partial charge < -0.3 is 4.57 Å². The minimum absolute atomic E-state index is 0.369. The Balaban J connectivity index is 2.52. The summed E-state index contributed by atoms with van der Waals surface area (Å²) in [5.74, 6) is 2.53. The van der Waals surface area contributed by atoms with E-state index in [0.29, 0.717) is 11.8 Å². The molecule has 3 nitrogen and oxygen atoms in total. The number of rotatable bonds is 4. The molecule has 1 aromatic carbocycles. The van der Waals surface area contributed by atoms with Gasteiger partial charge in [0.05, 0.1) is 5.88 Å². The van der Waals surface area contributed by atoms with E-state index < -0.39 is 0 Å². The van der Waals surface area contributed by atoms with Gasteiger partial charge in [0.1, 0.15) is 5.82 Å². The molecule has 6 heteroatoms. The molecule has 1 aromatic heterocycles. The lowest BCUT2D eigenvalue weighted by Gasteiger charge is -2.12. The van der Waals surface area contributed by atoms with Crippen molar-refractivity contribution in [3.8, 4) is 11.4 Å². The molecule has 0 aliphatic heterocycles. The van der Waals surface area contributed by atoms with Crippen molar-refractivity contribution in [2.75, 3.05) is 0 Å². The number of benzene rings is 1. The van der Waals surface area contributed by atoms with Crippen molar-refractivity contribution in [3.05, 3.63) is 33.0 Å². The fourth-order valence-electron chi connectivity index (χ4n) is 1.86. The first-order valence-electron chi connectivity index (χ1n) is 5.96. The third-order valence-corrected chi connectivity index (χ3v) is 4.06. The number of hydrogen-bond acceptors (Lipinski definition) is 2. The van der Waals surface area contributed by atoms with Crippen LogP contribution >= 0.6 is 43.5 Å². The van der Waals surface area contributed by atoms with Gasteiger partial charge in [0.2, 0.25) is 0 Å². The monoisotopic (exact) mass is 405 g/mol. The van der Waals surface area contributed by atoms with Gasteiger partial charge in [-0.15, -0.1) is 21.8 Å². The first-order chi connectivity index (χ1) is 9.02. The van der Waals surface area contributed by atoms with Crippen molar-refractivity contribution in [1.29, 1.82) is 0 Å². The highest BCUT2D eigenvalue weighted by atomic mass is 79.9. The Kier molecular flexibility index (Phi) is 5.03. The molecule has 2 aromatic rings. The predicted octanol–water partition coefficient (Wildman–Crippen LogP) is 4.86. The Morgan fingerprint density at radius 3 is 2.58 bits per heavy atom. The minimum Gasteiger partial charge on any atom is -0.310 e. The van der Waals surface area contributed by atoms with Crippen LogP contribution in [0.15, 0.2) is 27.1 Å². The van der Waals surface area contributed by atoms with Crippen LogP contribution in [0, 0.1) is 5.92 Å². The summed E-state index contributed by atoms with van der Waals surface area (Å²) in [6.07, 6.45) is 0. The molecule has 0 unspecified atom stereocenters. The Morgan fingerprint density at radius 2 is 2.00 bits per heavy atom. The van der Waals surface area contributed by atoms with Crippen LogP contribution < -0.4 is 0 Å². The molecule has 0 aliphatic rings. The minimum atomic E-state index is 0.369. The van der Waals surface area contributed by atoms with E-state index in [-0.39, 0.29) is 0 Å². The van der Waals surface area contributed by atoms with E-state index in [1.807, 2.05) is 18.2 Å². The van der Waals surface area contributed by atoms with Crippen LogP contribution in [-0.4, -0.2) is 14.8 Å². The largest absolute Gasteiger partial charge is 0.310 e. The van der Waals surface area contributed by atoms with Crippen molar-refractivity contribution in [2.45, 2.75) is 26.3 Å². The van der Waals surface area contributed by atoms with E-state index in [9.17, 15) is 0 Å². The molecule has 0 saturated heterocycles. The van der Waals surface area contributed by atoms with E-state index in [0.717, 1.165) is 32.7 Å². The highest BCUT2D eigenvalue weighted by Crippen LogP contribution is 2.30. The normalized spacial score (nSPS) is 11.3. The summed E-state index contributed by atoms with van der Waals surface area (Å²) < 4.78 is 4.10. The summed E-state index contributed by atoms with van der Waals surface area (Å²) in [5, 5.41) is 8.46. The maximum Gasteiger partial charge on any atom is 0.165 e. The summed E-state index contributed by atoms with van der Waals surface area (Å²) in [7, 11) is 0. The number of alkyl halides is 1. The second-order valence-corrected chi connectivity index (χ2v) is 6.74. The zero-order valence-corrected chi connectivity index (χ0v) is 14.6. The smallest absolute Gasteiger partial charge is 0.165 e. The van der Waals surface area contributed by atoms with Crippen LogP contribution in [0.4, 0.5) is 0 Å². The lowest BCUT2D eigenvalue weighted by molar-refractivity contribution is 0.515. The Labute approximate surface area is 134 Å². The third kappa shape index (κ3) is 3.38. The average molecular weight is 408 g/mol. The number of nitrogens with zero attached hydrogens (tertiary/aromatic N) is 3. The van der Waals surface area contributed by atoms with Gasteiger partial charge in [-0.3, -0.25) is 0 Å². The lowest BCUT2D eigenvalue weighted by atomic mass is 10.2. The fraction of sp³-hybridized carbons (Fsp3) is 0.385. The molecule has 0 N–H and O–H groups in total. The van der Waals surface area contributed by atoms with Crippen LogP contribution in [0.25, 0.3) is 11.4 Å². The average Bonchev–Trinajstić information content (AvgIpc) is 2.71. The SMILES string of the molecule is CC(C)Cn1c(CCl)nnc1-c1ccc(Br)cc1Br. The summed E-state index contributed by atoms with van der Waals surface area (Å²) in [6, 6.07) is 6.02. The highest BCUT2D eigenvalue weighted by molar-refractivity contribution is 9.11. The van der Waals surface area contributed by atoms with Crippen LogP contribution in [-0.2, 0) is 12.4 Å². The maximum absolute atomic E-state index is 5.94. The molecule has 1 heterocycles. The van der Waals surface area contributed by atoms with Gasteiger partial charge in [0.15, 0.2) is 5.82 Å². The van der Waals surface area contributed by atoms with Crippen LogP contribution in [0.5, 0.6) is 0 Å². The number of halogens is 3. The zero-order chi connectivity index (χ0) is 14.0. The molecular weight excluding hydrogens is 393 g/mol. The van der Waals surface area contributed by atoms with E-state index >= 15 is 0 Å². The third-order valence-electron chi connectivity index (χ3n) is 2.67. The van der Waals surface area contributed by atoms with E-state index in [4.69, 9.17) is 11.6 Å². The van der Waals surface area contributed by atoms with Gasteiger partial charge in [-0.25, -0.2) is 0 Å². The van der Waals surface area contributed by atoms with Crippen LogP contribution in [0.3, 0.4) is 0 Å². The first kappa shape index (κ1) is 15.0. The Hall–Kier alpha value is -0.390. The van der Waals surface area contributed by atoms with E-state index in [1.54, 1.807) is 0 Å². The van der Waals surface area contributed by atoms with Crippen LogP contribution in [0.1, 0.15) is 19.7 Å².